The van der Waals surface area contributed by atoms with Crippen LogP contribution in [0.3, 0.4) is 0 Å². The average molecular weight is 464 g/mol. The summed E-state index contributed by atoms with van der Waals surface area (Å²) in [5, 5.41) is 19.1. The van der Waals surface area contributed by atoms with E-state index in [1.54, 1.807) is 0 Å². The molecule has 0 aliphatic heterocycles. The fourth-order valence-electron chi connectivity index (χ4n) is 4.83. The Morgan fingerprint density at radius 2 is 1.56 bits per heavy atom. The Morgan fingerprint density at radius 1 is 0.941 bits per heavy atom. The van der Waals surface area contributed by atoms with E-state index < -0.39 is 0 Å². The van der Waals surface area contributed by atoms with Gasteiger partial charge in [-0.1, -0.05) is 65.0 Å². The van der Waals surface area contributed by atoms with E-state index in [1.807, 2.05) is 0 Å². The molecule has 0 amide bonds. The number of aryl methyl sites for hydroxylation is 3. The lowest BCUT2D eigenvalue weighted by atomic mass is 9.69. The molecule has 3 nitrogen and oxygen atoms in total. The minimum Gasteiger partial charge on any atom is -0.493 e. The van der Waals surface area contributed by atoms with E-state index in [0.29, 0.717) is 13.0 Å². The van der Waals surface area contributed by atoms with Gasteiger partial charge in [0.05, 0.1) is 18.8 Å². The molecule has 0 radical (unpaired) electrons. The fourth-order valence-corrected chi connectivity index (χ4v) is 4.83. The topological polar surface area (TPSA) is 53.2 Å². The molecular formula is C31H45NO2. The number of unbranched alkanes of at least 4 members (excludes halogenated alkanes) is 2. The van der Waals surface area contributed by atoms with Crippen LogP contribution in [0.5, 0.6) is 5.75 Å². The number of nitrogens with zero attached hydrogens (tertiary/aromatic N) is 1. The van der Waals surface area contributed by atoms with Gasteiger partial charge < -0.3 is 9.84 Å². The number of aliphatic hydroxyl groups excluding tert-OH is 1. The van der Waals surface area contributed by atoms with Crippen molar-refractivity contribution in [3.63, 3.8) is 0 Å². The molecule has 2 rings (SSSR count). The van der Waals surface area contributed by atoms with Gasteiger partial charge in [-0.2, -0.15) is 5.26 Å². The summed E-state index contributed by atoms with van der Waals surface area (Å²) in [4.78, 5) is 0. The van der Waals surface area contributed by atoms with Gasteiger partial charge in [0.25, 0.3) is 0 Å². The molecular weight excluding hydrogens is 418 g/mol. The van der Waals surface area contributed by atoms with Gasteiger partial charge in [-0.05, 0) is 91.7 Å². The summed E-state index contributed by atoms with van der Waals surface area (Å²) in [5.41, 5.74) is 6.36. The second-order valence-corrected chi connectivity index (χ2v) is 10.8. The summed E-state index contributed by atoms with van der Waals surface area (Å²) in [5.74, 6) is 0.936. The Labute approximate surface area is 208 Å². The average Bonchev–Trinajstić information content (AvgIpc) is 2.80. The maximum Gasteiger partial charge on any atom is 0.122 e. The molecule has 2 aromatic rings. The van der Waals surface area contributed by atoms with Gasteiger partial charge in [0.15, 0.2) is 0 Å². The van der Waals surface area contributed by atoms with Crippen molar-refractivity contribution in [3.8, 4) is 11.8 Å². The first-order chi connectivity index (χ1) is 16.1. The highest BCUT2D eigenvalue weighted by Gasteiger charge is 2.31. The normalized spacial score (nSPS) is 12.9. The summed E-state index contributed by atoms with van der Waals surface area (Å²) < 4.78 is 6.00. The predicted molar refractivity (Wildman–Crippen MR) is 142 cm³/mol. The molecule has 0 spiro atoms. The lowest BCUT2D eigenvalue weighted by Crippen LogP contribution is -2.27. The zero-order chi connectivity index (χ0) is 25.4. The first kappa shape index (κ1) is 27.9. The third-order valence-corrected chi connectivity index (χ3v) is 7.46. The van der Waals surface area contributed by atoms with Gasteiger partial charge in [-0.3, -0.25) is 0 Å². The SMILES string of the molecule is CCC(CC)(c1ccc(CCC(O)C(C)(C)C)c(C)c1)c1ccc(OCCCCC#N)c(C)c1. The van der Waals surface area contributed by atoms with Crippen LogP contribution < -0.4 is 4.74 Å². The van der Waals surface area contributed by atoms with E-state index in [4.69, 9.17) is 10.00 Å². The number of hydrogen-bond donors (Lipinski definition) is 1. The molecule has 0 bridgehead atoms. The summed E-state index contributed by atoms with van der Waals surface area (Å²) in [6.07, 6.45) is 5.81. The molecule has 1 N–H and O–H groups in total. The first-order valence-electron chi connectivity index (χ1n) is 13.0. The number of benzene rings is 2. The minimum absolute atomic E-state index is 0.0374. The van der Waals surface area contributed by atoms with E-state index in [-0.39, 0.29) is 16.9 Å². The number of ether oxygens (including phenoxy) is 1. The van der Waals surface area contributed by atoms with Crippen LogP contribution in [0.4, 0.5) is 0 Å². The number of nitriles is 1. The van der Waals surface area contributed by atoms with Crippen molar-refractivity contribution in [2.75, 3.05) is 6.61 Å². The standard InChI is InChI=1S/C31H45NO2/c1-8-31(9-2,27-16-17-28(24(4)22-27)34-20-12-10-11-19-32)26-15-13-25(23(3)21-26)14-18-29(33)30(5,6)7/h13,15-17,21-22,29,33H,8-12,14,18,20H2,1-7H3. The predicted octanol–water partition coefficient (Wildman–Crippen LogP) is 7.82. The van der Waals surface area contributed by atoms with Gasteiger partial charge in [-0.15, -0.1) is 0 Å². The zero-order valence-electron chi connectivity index (χ0n) is 22.5. The maximum absolute atomic E-state index is 10.5. The molecule has 0 heterocycles. The van der Waals surface area contributed by atoms with Gasteiger partial charge >= 0.3 is 0 Å². The molecule has 0 saturated heterocycles. The summed E-state index contributed by atoms with van der Waals surface area (Å²) in [7, 11) is 0. The van der Waals surface area contributed by atoms with Crippen molar-refractivity contribution < 1.29 is 9.84 Å². The molecule has 0 aliphatic carbocycles. The van der Waals surface area contributed by atoms with Crippen molar-refractivity contribution in [3.05, 3.63) is 64.2 Å². The Kier molecular flexibility index (Phi) is 10.2. The van der Waals surface area contributed by atoms with E-state index in [2.05, 4.69) is 90.9 Å². The van der Waals surface area contributed by atoms with Crippen LogP contribution in [-0.2, 0) is 11.8 Å². The van der Waals surface area contributed by atoms with Crippen molar-refractivity contribution in [2.24, 2.45) is 5.41 Å². The van der Waals surface area contributed by atoms with Crippen molar-refractivity contribution in [1.82, 2.24) is 0 Å². The Balaban J connectivity index is 2.24. The third-order valence-electron chi connectivity index (χ3n) is 7.46. The van der Waals surface area contributed by atoms with E-state index in [1.165, 1.54) is 22.3 Å². The van der Waals surface area contributed by atoms with Gasteiger partial charge in [0, 0.05) is 11.8 Å². The van der Waals surface area contributed by atoms with Crippen molar-refractivity contribution in [1.29, 1.82) is 5.26 Å². The molecule has 2 aromatic carbocycles. The zero-order valence-corrected chi connectivity index (χ0v) is 22.5. The molecule has 0 aromatic heterocycles. The largest absolute Gasteiger partial charge is 0.493 e. The van der Waals surface area contributed by atoms with Gasteiger partial charge in [-0.25, -0.2) is 0 Å². The second-order valence-electron chi connectivity index (χ2n) is 10.8. The molecule has 0 saturated carbocycles. The van der Waals surface area contributed by atoms with Gasteiger partial charge in [0.2, 0.25) is 0 Å². The molecule has 1 unspecified atom stereocenters. The summed E-state index contributed by atoms with van der Waals surface area (Å²) in [6.45, 7) is 15.8. The van der Waals surface area contributed by atoms with E-state index in [0.717, 1.165) is 49.8 Å². The fraction of sp³-hybridized carbons (Fsp3) is 0.581. The molecule has 1 atom stereocenters. The van der Waals surface area contributed by atoms with Crippen LogP contribution in [0.2, 0.25) is 0 Å². The molecule has 34 heavy (non-hydrogen) atoms. The highest BCUT2D eigenvalue weighted by molar-refractivity contribution is 5.47. The third kappa shape index (κ3) is 6.86. The molecule has 3 heteroatoms. The smallest absolute Gasteiger partial charge is 0.122 e. The van der Waals surface area contributed by atoms with Gasteiger partial charge in [0.1, 0.15) is 5.75 Å². The van der Waals surface area contributed by atoms with E-state index in [9.17, 15) is 5.11 Å². The first-order valence-corrected chi connectivity index (χ1v) is 13.0. The summed E-state index contributed by atoms with van der Waals surface area (Å²) >= 11 is 0. The lowest BCUT2D eigenvalue weighted by Gasteiger charge is -2.34. The van der Waals surface area contributed by atoms with Crippen LogP contribution in [0.1, 0.15) is 101 Å². The summed E-state index contributed by atoms with van der Waals surface area (Å²) in [6, 6.07) is 15.8. The lowest BCUT2D eigenvalue weighted by molar-refractivity contribution is 0.0560. The number of aliphatic hydroxyl groups is 1. The molecule has 0 aliphatic rings. The van der Waals surface area contributed by atoms with Crippen LogP contribution in [0, 0.1) is 30.6 Å². The van der Waals surface area contributed by atoms with Crippen LogP contribution >= 0.6 is 0 Å². The quantitative estimate of drug-likeness (QED) is 0.326. The van der Waals surface area contributed by atoms with Crippen molar-refractivity contribution >= 4 is 0 Å². The van der Waals surface area contributed by atoms with Crippen LogP contribution in [0.25, 0.3) is 0 Å². The van der Waals surface area contributed by atoms with Crippen molar-refractivity contribution in [2.45, 2.75) is 105 Å². The number of hydrogen-bond acceptors (Lipinski definition) is 3. The molecule has 0 fully saturated rings. The highest BCUT2D eigenvalue weighted by atomic mass is 16.5. The second kappa shape index (κ2) is 12.4. The molecule has 186 valence electrons. The minimum atomic E-state index is -0.299. The Morgan fingerprint density at radius 3 is 2.09 bits per heavy atom. The number of rotatable bonds is 12. The Hall–Kier alpha value is -2.31. The monoisotopic (exact) mass is 463 g/mol. The Bertz CT molecular complexity index is 960. The highest BCUT2D eigenvalue weighted by Crippen LogP contribution is 2.41. The van der Waals surface area contributed by atoms with Crippen LogP contribution in [-0.4, -0.2) is 17.8 Å². The maximum atomic E-state index is 10.5. The van der Waals surface area contributed by atoms with E-state index >= 15 is 0 Å². The van der Waals surface area contributed by atoms with Crippen LogP contribution in [0.15, 0.2) is 36.4 Å².